The summed E-state index contributed by atoms with van der Waals surface area (Å²) in [6.45, 7) is 1.92. The van der Waals surface area contributed by atoms with Gasteiger partial charge >= 0.3 is 0 Å². The summed E-state index contributed by atoms with van der Waals surface area (Å²) in [6.07, 6.45) is -1.86. The van der Waals surface area contributed by atoms with Crippen LogP contribution in [0.1, 0.15) is 13.3 Å². The summed E-state index contributed by atoms with van der Waals surface area (Å²) in [4.78, 5) is 22.3. The fourth-order valence-corrected chi connectivity index (χ4v) is 0.975. The molecule has 0 aromatic carbocycles. The molecule has 56 valence electrons. The maximum atomic E-state index is 12.4. The molecule has 0 saturated carbocycles. The van der Waals surface area contributed by atoms with Gasteiger partial charge in [-0.1, -0.05) is 0 Å². The largest absolute Gasteiger partial charge is 0.280 e. The second-order valence-electron chi connectivity index (χ2n) is 2.15. The van der Waals surface area contributed by atoms with E-state index in [0.717, 1.165) is 4.90 Å². The number of hydrogen-bond acceptors (Lipinski definition) is 2. The lowest BCUT2D eigenvalue weighted by molar-refractivity contribution is -0.139. The van der Waals surface area contributed by atoms with E-state index in [1.54, 1.807) is 6.92 Å². The van der Waals surface area contributed by atoms with Crippen LogP contribution >= 0.6 is 0 Å². The van der Waals surface area contributed by atoms with Crippen molar-refractivity contribution in [3.63, 3.8) is 0 Å². The lowest BCUT2D eigenvalue weighted by Crippen LogP contribution is -2.30. The van der Waals surface area contributed by atoms with Gasteiger partial charge in [0.05, 0.1) is 6.42 Å². The van der Waals surface area contributed by atoms with Crippen LogP contribution in [0.3, 0.4) is 0 Å². The van der Waals surface area contributed by atoms with Crippen LogP contribution in [-0.2, 0) is 9.59 Å². The summed E-state index contributed by atoms with van der Waals surface area (Å²) in [6, 6.07) is 0. The highest BCUT2D eigenvalue weighted by Gasteiger charge is 2.37. The van der Waals surface area contributed by atoms with E-state index in [0.29, 0.717) is 0 Å². The second-order valence-corrected chi connectivity index (χ2v) is 2.15. The highest BCUT2D eigenvalue weighted by molar-refractivity contribution is 6.04. The summed E-state index contributed by atoms with van der Waals surface area (Å²) < 4.78 is 12.4. The van der Waals surface area contributed by atoms with E-state index < -0.39 is 18.0 Å². The van der Waals surface area contributed by atoms with Crippen LogP contribution in [0.15, 0.2) is 0 Å². The van der Waals surface area contributed by atoms with Gasteiger partial charge < -0.3 is 0 Å². The number of imide groups is 1. The molecule has 4 heteroatoms. The van der Waals surface area contributed by atoms with Crippen molar-refractivity contribution < 1.29 is 14.0 Å². The van der Waals surface area contributed by atoms with Gasteiger partial charge in [-0.3, -0.25) is 14.5 Å². The molecule has 0 radical (unpaired) electrons. The lowest BCUT2D eigenvalue weighted by Gasteiger charge is -2.08. The number of alkyl halides is 1. The summed E-state index contributed by atoms with van der Waals surface area (Å²) >= 11 is 0. The smallest absolute Gasteiger partial charge is 0.264 e. The monoisotopic (exact) mass is 145 g/mol. The van der Waals surface area contributed by atoms with Crippen LogP contribution in [-0.4, -0.2) is 29.4 Å². The zero-order valence-corrected chi connectivity index (χ0v) is 5.63. The standard InChI is InChI=1S/C6H8FNO2/c1-2-8-5(9)3-4(7)6(8)10/h4H,2-3H2,1H3. The van der Waals surface area contributed by atoms with Crippen LogP contribution in [0.4, 0.5) is 4.39 Å². The molecule has 1 saturated heterocycles. The highest BCUT2D eigenvalue weighted by Crippen LogP contribution is 2.14. The number of halogens is 1. The molecule has 1 rings (SSSR count). The average Bonchev–Trinajstić information content (AvgIpc) is 2.09. The van der Waals surface area contributed by atoms with Crippen LogP contribution in [0, 0.1) is 0 Å². The van der Waals surface area contributed by atoms with E-state index in [2.05, 4.69) is 0 Å². The molecule has 1 fully saturated rings. The molecule has 0 bridgehead atoms. The SMILES string of the molecule is CCN1C(=O)CC(F)C1=O. The Hall–Kier alpha value is -0.930. The third kappa shape index (κ3) is 0.894. The lowest BCUT2D eigenvalue weighted by atomic mass is 10.3. The molecular weight excluding hydrogens is 137 g/mol. The van der Waals surface area contributed by atoms with Gasteiger partial charge in [-0.05, 0) is 6.92 Å². The molecule has 10 heavy (non-hydrogen) atoms. The first kappa shape index (κ1) is 7.18. The first-order chi connectivity index (χ1) is 4.66. The number of nitrogens with zero attached hydrogens (tertiary/aromatic N) is 1. The molecule has 1 atom stereocenters. The van der Waals surface area contributed by atoms with Crippen molar-refractivity contribution in [3.8, 4) is 0 Å². The van der Waals surface area contributed by atoms with Crippen molar-refractivity contribution in [1.29, 1.82) is 0 Å². The molecule has 1 aliphatic rings. The predicted molar refractivity (Wildman–Crippen MR) is 31.9 cm³/mol. The predicted octanol–water partition coefficient (Wildman–Crippen LogP) is 0.103. The van der Waals surface area contributed by atoms with E-state index in [4.69, 9.17) is 0 Å². The van der Waals surface area contributed by atoms with Crippen LogP contribution in [0.2, 0.25) is 0 Å². The quantitative estimate of drug-likeness (QED) is 0.491. The Morgan fingerprint density at radius 3 is 2.50 bits per heavy atom. The molecule has 1 aliphatic heterocycles. The average molecular weight is 145 g/mol. The van der Waals surface area contributed by atoms with Crippen LogP contribution in [0.5, 0.6) is 0 Å². The van der Waals surface area contributed by atoms with Crippen molar-refractivity contribution >= 4 is 11.8 Å². The Morgan fingerprint density at radius 1 is 1.70 bits per heavy atom. The van der Waals surface area contributed by atoms with E-state index >= 15 is 0 Å². The molecule has 0 spiro atoms. The molecular formula is C6H8FNO2. The van der Waals surface area contributed by atoms with Gasteiger partial charge in [0, 0.05) is 6.54 Å². The van der Waals surface area contributed by atoms with Crippen LogP contribution < -0.4 is 0 Å². The van der Waals surface area contributed by atoms with Crippen molar-refractivity contribution in [2.75, 3.05) is 6.54 Å². The number of hydrogen-bond donors (Lipinski definition) is 0. The maximum absolute atomic E-state index is 12.4. The van der Waals surface area contributed by atoms with Gasteiger partial charge in [0.15, 0.2) is 6.17 Å². The number of rotatable bonds is 1. The number of amides is 2. The minimum absolute atomic E-state index is 0.271. The van der Waals surface area contributed by atoms with Gasteiger partial charge in [-0.15, -0.1) is 0 Å². The van der Waals surface area contributed by atoms with Crippen LogP contribution in [0.25, 0.3) is 0 Å². The third-order valence-electron chi connectivity index (χ3n) is 1.51. The molecule has 2 amide bonds. The number of carbonyl (C=O) groups excluding carboxylic acids is 2. The minimum atomic E-state index is -1.59. The Morgan fingerprint density at radius 2 is 2.30 bits per heavy atom. The topological polar surface area (TPSA) is 37.4 Å². The first-order valence-electron chi connectivity index (χ1n) is 3.15. The molecule has 0 N–H and O–H groups in total. The fourth-order valence-electron chi connectivity index (χ4n) is 0.975. The summed E-state index contributed by atoms with van der Waals surface area (Å²) in [5.74, 6) is -1.09. The molecule has 0 aromatic heterocycles. The highest BCUT2D eigenvalue weighted by atomic mass is 19.1. The first-order valence-corrected chi connectivity index (χ1v) is 3.15. The molecule has 0 aliphatic carbocycles. The minimum Gasteiger partial charge on any atom is -0.280 e. The summed E-state index contributed by atoms with van der Waals surface area (Å²) in [5.41, 5.74) is 0. The van der Waals surface area contributed by atoms with Gasteiger partial charge in [0.2, 0.25) is 5.91 Å². The molecule has 1 heterocycles. The van der Waals surface area contributed by atoms with Crippen molar-refractivity contribution in [2.45, 2.75) is 19.5 Å². The van der Waals surface area contributed by atoms with Gasteiger partial charge in [0.1, 0.15) is 0 Å². The van der Waals surface area contributed by atoms with Gasteiger partial charge in [-0.25, -0.2) is 4.39 Å². The van der Waals surface area contributed by atoms with Crippen molar-refractivity contribution in [3.05, 3.63) is 0 Å². The van der Waals surface area contributed by atoms with E-state index in [-0.39, 0.29) is 13.0 Å². The summed E-state index contributed by atoms with van der Waals surface area (Å²) in [7, 11) is 0. The number of likely N-dealkylation sites (tertiary alicyclic amines) is 1. The van der Waals surface area contributed by atoms with E-state index in [1.165, 1.54) is 0 Å². The zero-order chi connectivity index (χ0) is 7.72. The van der Waals surface area contributed by atoms with E-state index in [1.807, 2.05) is 0 Å². The Bertz CT molecular complexity index is 181. The molecule has 1 unspecified atom stereocenters. The summed E-state index contributed by atoms with van der Waals surface area (Å²) in [5, 5.41) is 0. The maximum Gasteiger partial charge on any atom is 0.264 e. The Balaban J connectivity index is 2.74. The molecule has 3 nitrogen and oxygen atoms in total. The number of carbonyl (C=O) groups is 2. The third-order valence-corrected chi connectivity index (χ3v) is 1.51. The van der Waals surface area contributed by atoms with Crippen molar-refractivity contribution in [2.24, 2.45) is 0 Å². The van der Waals surface area contributed by atoms with E-state index in [9.17, 15) is 14.0 Å². The van der Waals surface area contributed by atoms with Gasteiger partial charge in [0.25, 0.3) is 5.91 Å². The fraction of sp³-hybridized carbons (Fsp3) is 0.667. The Labute approximate surface area is 57.8 Å². The van der Waals surface area contributed by atoms with Crippen molar-refractivity contribution in [1.82, 2.24) is 4.90 Å². The normalized spacial score (nSPS) is 26.2. The zero-order valence-electron chi connectivity index (χ0n) is 5.63. The second kappa shape index (κ2) is 2.36. The van der Waals surface area contributed by atoms with Gasteiger partial charge in [-0.2, -0.15) is 0 Å². The molecule has 0 aromatic rings. The Kier molecular flexibility index (Phi) is 1.70.